The zero-order valence-corrected chi connectivity index (χ0v) is 11.8. The minimum Gasteiger partial charge on any atom is -0.488 e. The van der Waals surface area contributed by atoms with Crippen LogP contribution in [0.4, 0.5) is 11.6 Å². The van der Waals surface area contributed by atoms with Crippen molar-refractivity contribution < 1.29 is 4.74 Å². The minimum absolute atomic E-state index is 0.735. The summed E-state index contributed by atoms with van der Waals surface area (Å²) in [5, 5.41) is 6.36. The molecule has 0 aromatic carbocycles. The Hall–Kier alpha value is -1.95. The molecule has 2 N–H and O–H groups in total. The summed E-state index contributed by atoms with van der Waals surface area (Å²) in [6, 6.07) is 7.85. The van der Waals surface area contributed by atoms with Crippen molar-refractivity contribution in [1.82, 2.24) is 9.97 Å². The summed E-state index contributed by atoms with van der Waals surface area (Å²) in [6.07, 6.45) is 3.57. The van der Waals surface area contributed by atoms with Crippen molar-refractivity contribution in [2.45, 2.75) is 4.90 Å². The Morgan fingerprint density at radius 2 is 1.80 bits per heavy atom. The first kappa shape index (κ1) is 13.1. The van der Waals surface area contributed by atoms with Crippen LogP contribution in [-0.2, 0) is 0 Å². The highest BCUT2D eigenvalue weighted by atomic mass is 32.2. The molecule has 0 aliphatic carbocycles. The third-order valence-corrected chi connectivity index (χ3v) is 3.89. The van der Waals surface area contributed by atoms with Gasteiger partial charge in [-0.1, -0.05) is 0 Å². The fourth-order valence-corrected chi connectivity index (χ4v) is 2.80. The van der Waals surface area contributed by atoms with Crippen LogP contribution >= 0.6 is 11.8 Å². The first-order valence-electron chi connectivity index (χ1n) is 6.57. The average Bonchev–Trinajstić information content (AvgIpc) is 2.56. The topological polar surface area (TPSA) is 59.1 Å². The van der Waals surface area contributed by atoms with Gasteiger partial charge in [0, 0.05) is 29.6 Å². The summed E-state index contributed by atoms with van der Waals surface area (Å²) in [7, 11) is 0. The summed E-state index contributed by atoms with van der Waals surface area (Å²) in [5.41, 5.74) is 0. The number of pyridine rings is 2. The Morgan fingerprint density at radius 3 is 2.65 bits per heavy atom. The zero-order chi connectivity index (χ0) is 13.6. The second-order valence-corrected chi connectivity index (χ2v) is 5.39. The van der Waals surface area contributed by atoms with Gasteiger partial charge in [0.15, 0.2) is 11.6 Å². The number of ether oxygens (including phenoxy) is 1. The second-order valence-electron chi connectivity index (χ2n) is 4.25. The van der Waals surface area contributed by atoms with Crippen molar-refractivity contribution in [3.8, 4) is 5.75 Å². The molecule has 2 aliphatic heterocycles. The summed E-state index contributed by atoms with van der Waals surface area (Å²) < 4.78 is 5.30. The molecule has 0 bridgehead atoms. The van der Waals surface area contributed by atoms with Crippen LogP contribution in [0.1, 0.15) is 0 Å². The Bertz CT molecular complexity index is 477. The van der Waals surface area contributed by atoms with Crippen molar-refractivity contribution in [1.29, 1.82) is 0 Å². The third kappa shape index (κ3) is 3.14. The number of aromatic nitrogens is 2. The number of rotatable bonds is 0. The minimum atomic E-state index is 0.735. The molecule has 0 spiro atoms. The standard InChI is InChI=1S/C7H8N2O.C7H8N2S/c2*1-2-6-7(8-3-1)9-4-5-10-6/h2*1-3H,4-5H2,(H,8,9). The van der Waals surface area contributed by atoms with E-state index in [4.69, 9.17) is 4.74 Å². The molecule has 2 aromatic rings. The quantitative estimate of drug-likeness (QED) is 0.776. The molecule has 2 aromatic heterocycles. The van der Waals surface area contributed by atoms with E-state index in [0.29, 0.717) is 0 Å². The van der Waals surface area contributed by atoms with Crippen molar-refractivity contribution in [2.75, 3.05) is 36.1 Å². The number of nitrogens with one attached hydrogen (secondary N) is 2. The molecule has 0 amide bonds. The number of thioether (sulfide) groups is 1. The predicted octanol–water partition coefficient (Wildman–Crippen LogP) is 2.49. The smallest absolute Gasteiger partial charge is 0.168 e. The average molecular weight is 288 g/mol. The molecule has 4 rings (SSSR count). The van der Waals surface area contributed by atoms with Crippen LogP contribution < -0.4 is 15.4 Å². The van der Waals surface area contributed by atoms with Crippen molar-refractivity contribution in [3.63, 3.8) is 0 Å². The van der Waals surface area contributed by atoms with Gasteiger partial charge in [-0.3, -0.25) is 0 Å². The van der Waals surface area contributed by atoms with Crippen LogP contribution in [0.15, 0.2) is 41.6 Å². The molecule has 0 saturated heterocycles. The molecule has 4 heterocycles. The lowest BCUT2D eigenvalue weighted by Gasteiger charge is -2.16. The van der Waals surface area contributed by atoms with Gasteiger partial charge >= 0.3 is 0 Å². The van der Waals surface area contributed by atoms with E-state index in [1.54, 1.807) is 6.20 Å². The van der Waals surface area contributed by atoms with E-state index in [1.165, 1.54) is 4.90 Å². The van der Waals surface area contributed by atoms with Gasteiger partial charge in [0.25, 0.3) is 0 Å². The Kier molecular flexibility index (Phi) is 4.22. The van der Waals surface area contributed by atoms with E-state index < -0.39 is 0 Å². The van der Waals surface area contributed by atoms with Gasteiger partial charge in [-0.25, -0.2) is 9.97 Å². The third-order valence-electron chi connectivity index (χ3n) is 2.85. The number of hydrogen-bond donors (Lipinski definition) is 2. The van der Waals surface area contributed by atoms with Crippen LogP contribution in [-0.4, -0.2) is 35.4 Å². The second kappa shape index (κ2) is 6.47. The molecule has 0 atom stereocenters. The number of hydrogen-bond acceptors (Lipinski definition) is 6. The van der Waals surface area contributed by atoms with Gasteiger partial charge in [-0.05, 0) is 24.3 Å². The van der Waals surface area contributed by atoms with Crippen LogP contribution in [0, 0.1) is 0 Å². The largest absolute Gasteiger partial charge is 0.488 e. The van der Waals surface area contributed by atoms with E-state index >= 15 is 0 Å². The fraction of sp³-hybridized carbons (Fsp3) is 0.286. The molecule has 0 unspecified atom stereocenters. The van der Waals surface area contributed by atoms with E-state index in [1.807, 2.05) is 36.2 Å². The molecule has 20 heavy (non-hydrogen) atoms. The Morgan fingerprint density at radius 1 is 1.00 bits per heavy atom. The fourth-order valence-electron chi connectivity index (χ4n) is 1.94. The van der Waals surface area contributed by atoms with Gasteiger partial charge in [-0.2, -0.15) is 0 Å². The van der Waals surface area contributed by atoms with E-state index in [2.05, 4.69) is 26.7 Å². The highest BCUT2D eigenvalue weighted by Gasteiger charge is 2.08. The summed E-state index contributed by atoms with van der Waals surface area (Å²) in [6.45, 7) is 2.62. The van der Waals surface area contributed by atoms with Gasteiger partial charge in [0.1, 0.15) is 12.4 Å². The molecular formula is C14H16N4OS. The van der Waals surface area contributed by atoms with Gasteiger partial charge < -0.3 is 15.4 Å². The maximum atomic E-state index is 5.30. The first-order chi connectivity index (χ1) is 9.93. The normalized spacial score (nSPS) is 15.2. The van der Waals surface area contributed by atoms with Crippen molar-refractivity contribution in [2.24, 2.45) is 0 Å². The van der Waals surface area contributed by atoms with Crippen molar-refractivity contribution in [3.05, 3.63) is 36.7 Å². The Balaban J connectivity index is 0.000000121. The van der Waals surface area contributed by atoms with Crippen molar-refractivity contribution >= 4 is 23.4 Å². The molecular weight excluding hydrogens is 272 g/mol. The van der Waals surface area contributed by atoms with Crippen LogP contribution in [0.2, 0.25) is 0 Å². The lowest BCUT2D eigenvalue weighted by molar-refractivity contribution is 0.321. The monoisotopic (exact) mass is 288 g/mol. The molecule has 2 aliphatic rings. The summed E-state index contributed by atoms with van der Waals surface area (Å²) in [5.74, 6) is 3.90. The zero-order valence-electron chi connectivity index (χ0n) is 11.0. The molecule has 0 fully saturated rings. The van der Waals surface area contributed by atoms with E-state index in [0.717, 1.165) is 42.8 Å². The Labute approximate surface area is 122 Å². The van der Waals surface area contributed by atoms with Gasteiger partial charge in [0.05, 0.1) is 6.54 Å². The number of fused-ring (bicyclic) bond motifs is 2. The molecule has 104 valence electrons. The van der Waals surface area contributed by atoms with Crippen LogP contribution in [0.3, 0.4) is 0 Å². The predicted molar refractivity (Wildman–Crippen MR) is 81.7 cm³/mol. The summed E-state index contributed by atoms with van der Waals surface area (Å²) >= 11 is 1.86. The first-order valence-corrected chi connectivity index (χ1v) is 7.55. The number of nitrogens with zero attached hydrogens (tertiary/aromatic N) is 2. The molecule has 6 heteroatoms. The lowest BCUT2D eigenvalue weighted by Crippen LogP contribution is -2.18. The van der Waals surface area contributed by atoms with Crippen LogP contribution in [0.25, 0.3) is 0 Å². The highest BCUT2D eigenvalue weighted by Crippen LogP contribution is 2.27. The maximum absolute atomic E-state index is 5.30. The highest BCUT2D eigenvalue weighted by molar-refractivity contribution is 7.99. The lowest BCUT2D eigenvalue weighted by atomic mass is 10.4. The SMILES string of the molecule is c1cnc2c(c1)OCCN2.c1cnc2c(c1)SCCN2. The van der Waals surface area contributed by atoms with E-state index in [9.17, 15) is 0 Å². The van der Waals surface area contributed by atoms with Gasteiger partial charge in [0.2, 0.25) is 0 Å². The molecule has 5 nitrogen and oxygen atoms in total. The summed E-state index contributed by atoms with van der Waals surface area (Å²) in [4.78, 5) is 9.54. The molecule has 0 saturated carbocycles. The van der Waals surface area contributed by atoms with E-state index in [-0.39, 0.29) is 0 Å². The van der Waals surface area contributed by atoms with Gasteiger partial charge in [-0.15, -0.1) is 11.8 Å². The maximum Gasteiger partial charge on any atom is 0.168 e. The van der Waals surface area contributed by atoms with Crippen LogP contribution in [0.5, 0.6) is 5.75 Å². The molecule has 0 radical (unpaired) electrons. The number of anilines is 2.